The van der Waals surface area contributed by atoms with Crippen molar-refractivity contribution in [2.45, 2.75) is 246 Å². The third kappa shape index (κ3) is 18.9. The third-order valence-corrected chi connectivity index (χ3v) is 27.0. The zero-order valence-electron chi connectivity index (χ0n) is 56.8. The van der Waals surface area contributed by atoms with E-state index in [9.17, 15) is 0 Å². The van der Waals surface area contributed by atoms with Crippen LogP contribution in [0.3, 0.4) is 0 Å². The first kappa shape index (κ1) is 70.2. The lowest BCUT2D eigenvalue weighted by atomic mass is 9.99. The molecule has 0 nitrogen and oxygen atoms in total. The van der Waals surface area contributed by atoms with Gasteiger partial charge in [-0.25, -0.2) is 0 Å². The quantitative estimate of drug-likeness (QED) is 0.0288. The van der Waals surface area contributed by atoms with Crippen molar-refractivity contribution in [3.05, 3.63) is 172 Å². The Balaban J connectivity index is 1.05. The molecule has 0 aliphatic rings. The molecule has 6 aromatic heterocycles. The lowest BCUT2D eigenvalue weighted by molar-refractivity contribution is 0.667. The summed E-state index contributed by atoms with van der Waals surface area (Å²) in [4.78, 5) is 18.9. The van der Waals surface area contributed by atoms with E-state index in [1.165, 1.54) is 263 Å². The van der Waals surface area contributed by atoms with E-state index in [-0.39, 0.29) is 0 Å². The van der Waals surface area contributed by atoms with Crippen molar-refractivity contribution >= 4 is 80.6 Å². The first-order chi connectivity index (χ1) is 45.2. The number of aryl methyl sites for hydroxylation is 7. The number of hydrogen-bond acceptors (Lipinski definition) is 7. The number of thiophene rings is 6. The van der Waals surface area contributed by atoms with E-state index < -0.39 is 0 Å². The summed E-state index contributed by atoms with van der Waals surface area (Å²) in [6.45, 7) is 16.3. The van der Waals surface area contributed by atoms with Gasteiger partial charge in [-0.2, -0.15) is 0 Å². The van der Waals surface area contributed by atoms with Crippen LogP contribution in [-0.4, -0.2) is 0 Å². The summed E-state index contributed by atoms with van der Waals surface area (Å²) in [7, 11) is 0. The Morgan fingerprint density at radius 2 is 0.446 bits per heavy atom. The predicted molar refractivity (Wildman–Crippen MR) is 422 cm³/mol. The molecule has 0 spiro atoms. The molecule has 10 aromatic rings. The molecule has 0 aliphatic heterocycles. The minimum Gasteiger partial charge on any atom is -0.143 e. The summed E-state index contributed by atoms with van der Waals surface area (Å²) in [6, 6.07) is 52.3. The van der Waals surface area contributed by atoms with Gasteiger partial charge in [0.1, 0.15) is 0 Å². The Labute approximate surface area is 585 Å². The van der Waals surface area contributed by atoms with Crippen LogP contribution in [0.4, 0.5) is 0 Å². The van der Waals surface area contributed by atoms with E-state index in [1.54, 1.807) is 22.3 Å². The minimum atomic E-state index is 0.998. The molecule has 0 saturated heterocycles. The molecule has 10 rings (SSSR count). The molecule has 0 fully saturated rings. The summed E-state index contributed by atoms with van der Waals surface area (Å²) in [6.07, 6.45) is 37.5. The van der Waals surface area contributed by atoms with Crippen LogP contribution in [0.25, 0.3) is 91.9 Å². The molecule has 486 valence electrons. The molecule has 0 amide bonds. The van der Waals surface area contributed by atoms with Gasteiger partial charge in [-0.15, -0.1) is 80.6 Å². The van der Waals surface area contributed by atoms with Gasteiger partial charge >= 0.3 is 0 Å². The van der Waals surface area contributed by atoms with Crippen molar-refractivity contribution in [2.75, 3.05) is 0 Å². The monoisotopic (exact) mass is 1350 g/mol. The molecule has 0 radical (unpaired) electrons. The number of unbranched alkanes of at least 4 members (excludes halogenated alkanes) is 18. The maximum Gasteiger partial charge on any atom is 0.0481 e. The fourth-order valence-corrected chi connectivity index (χ4v) is 21.3. The highest BCUT2D eigenvalue weighted by Crippen LogP contribution is 2.53. The summed E-state index contributed by atoms with van der Waals surface area (Å²) in [5.41, 5.74) is 18.4. The van der Waals surface area contributed by atoms with Crippen LogP contribution in [-0.2, 0) is 38.5 Å². The molecule has 0 bridgehead atoms. The van der Waals surface area contributed by atoms with Gasteiger partial charge in [0.05, 0.1) is 0 Å². The van der Waals surface area contributed by atoms with Crippen molar-refractivity contribution < 1.29 is 0 Å². The lowest BCUT2D eigenvalue weighted by Crippen LogP contribution is -1.87. The van der Waals surface area contributed by atoms with Crippen LogP contribution in [0.2, 0.25) is 0 Å². The average Bonchev–Trinajstić information content (AvgIpc) is 1.71. The minimum absolute atomic E-state index is 0.998. The van der Waals surface area contributed by atoms with Crippen LogP contribution in [0.1, 0.15) is 235 Å². The molecule has 7 heteroatoms. The molecule has 0 saturated carbocycles. The van der Waals surface area contributed by atoms with E-state index in [1.807, 2.05) is 11.3 Å². The summed E-state index contributed by atoms with van der Waals surface area (Å²) in [5, 5.41) is 0. The highest BCUT2D eigenvalue weighted by atomic mass is 32.1. The maximum absolute atomic E-state index is 4.56. The van der Waals surface area contributed by atoms with Crippen molar-refractivity contribution in [1.82, 2.24) is 0 Å². The van der Waals surface area contributed by atoms with Crippen LogP contribution in [0.15, 0.2) is 138 Å². The van der Waals surface area contributed by atoms with Gasteiger partial charge in [0.25, 0.3) is 0 Å². The second kappa shape index (κ2) is 36.5. The van der Waals surface area contributed by atoms with E-state index in [2.05, 4.69) is 251 Å². The zero-order chi connectivity index (χ0) is 64.0. The second-order valence-corrected chi connectivity index (χ2v) is 33.1. The second-order valence-electron chi connectivity index (χ2n) is 26.2. The highest BCUT2D eigenvalue weighted by Gasteiger charge is 2.26. The predicted octanol–water partition coefficient (Wildman–Crippen LogP) is 30.4. The van der Waals surface area contributed by atoms with Crippen LogP contribution >= 0.6 is 80.6 Å². The van der Waals surface area contributed by atoms with Gasteiger partial charge in [0.15, 0.2) is 0 Å². The van der Waals surface area contributed by atoms with Crippen molar-refractivity contribution in [1.29, 1.82) is 0 Å². The fraction of sp³-hybridized carbons (Fsp3) is 0.435. The number of thiol groups is 1. The molecule has 0 N–H and O–H groups in total. The fourth-order valence-electron chi connectivity index (χ4n) is 13.2. The molecular formula is C85H104S7. The zero-order valence-corrected chi connectivity index (χ0v) is 62.6. The summed E-state index contributed by atoms with van der Waals surface area (Å²) in [5.74, 6) is 0. The van der Waals surface area contributed by atoms with Gasteiger partial charge in [-0.3, -0.25) is 0 Å². The van der Waals surface area contributed by atoms with Crippen molar-refractivity contribution in [3.63, 3.8) is 0 Å². The smallest absolute Gasteiger partial charge is 0.0481 e. The van der Waals surface area contributed by atoms with Crippen LogP contribution in [0, 0.1) is 6.92 Å². The molecule has 0 aliphatic carbocycles. The molecular weight excluding hydrogens is 1250 g/mol. The van der Waals surface area contributed by atoms with Crippen LogP contribution < -0.4 is 0 Å². The number of rotatable bonds is 39. The van der Waals surface area contributed by atoms with Crippen LogP contribution in [0.5, 0.6) is 0 Å². The van der Waals surface area contributed by atoms with E-state index in [0.29, 0.717) is 0 Å². The van der Waals surface area contributed by atoms with Crippen molar-refractivity contribution in [3.8, 4) is 91.9 Å². The highest BCUT2D eigenvalue weighted by molar-refractivity contribution is 7.80. The van der Waals surface area contributed by atoms with Gasteiger partial charge in [-0.1, -0.05) is 248 Å². The Morgan fingerprint density at radius 1 is 0.228 bits per heavy atom. The van der Waals surface area contributed by atoms with Gasteiger partial charge in [-0.05, 0) is 199 Å². The summed E-state index contributed by atoms with van der Waals surface area (Å²) < 4.78 is 0. The molecule has 92 heavy (non-hydrogen) atoms. The standard InChI is InChI=1S/C85H104S7/c1-8-14-20-26-32-67-55-75(88-80(67)66-48-44-63(45-49-66)61-40-38-60(7)39-41-61)82-69(34-28-22-16-10-3)57-77(90-82)84-71(36-30-24-18-12-5)59-79(92-84)85-72(37-31-25-19-13-6)58-78(91-85)83-70(35-29-23-17-11-4)56-76(89-83)81-68(33-27-21-15-9-2)54-74(87-81)65-46-42-62(43-47-65)64-50-52-73(86)53-51-64/h38-59,86H,8-37H2,1-7H3. The van der Waals surface area contributed by atoms with E-state index in [0.717, 1.165) is 43.4 Å². The van der Waals surface area contributed by atoms with Gasteiger partial charge in [0.2, 0.25) is 0 Å². The lowest BCUT2D eigenvalue weighted by Gasteiger charge is -2.07. The molecule has 0 unspecified atom stereocenters. The Bertz CT molecular complexity index is 3790. The summed E-state index contributed by atoms with van der Waals surface area (Å²) >= 11 is 17.1. The normalized spacial score (nSPS) is 11.7. The average molecular weight is 1350 g/mol. The molecule has 4 aromatic carbocycles. The number of benzene rings is 4. The maximum atomic E-state index is 4.56. The third-order valence-electron chi connectivity index (χ3n) is 18.7. The largest absolute Gasteiger partial charge is 0.143 e. The Hall–Kier alpha value is -4.57. The first-order valence-corrected chi connectivity index (χ1v) is 41.4. The first-order valence-electron chi connectivity index (χ1n) is 36.0. The Kier molecular flexibility index (Phi) is 27.9. The van der Waals surface area contributed by atoms with Gasteiger partial charge in [0, 0.05) is 63.4 Å². The van der Waals surface area contributed by atoms with E-state index in [4.69, 9.17) is 0 Å². The Morgan fingerprint density at radius 3 is 0.739 bits per heavy atom. The molecule has 6 heterocycles. The van der Waals surface area contributed by atoms with Crippen molar-refractivity contribution in [2.24, 2.45) is 0 Å². The molecule has 0 atom stereocenters. The topological polar surface area (TPSA) is 0 Å². The van der Waals surface area contributed by atoms with Gasteiger partial charge < -0.3 is 0 Å². The SMILES string of the molecule is CCCCCCc1cc(-c2sc(-c3sc(-c4sc(-c5sc(-c6sc(-c7ccc(-c8ccc(S)cc8)cc7)cc6CCCCCC)cc5CCCCCC)cc4CCCCCC)cc3CCCCCC)cc2CCCCCC)sc1-c1ccc(-c2ccc(C)cc2)cc1. The number of hydrogen-bond donors (Lipinski definition) is 1. The van der Waals surface area contributed by atoms with E-state index >= 15 is 0 Å².